The van der Waals surface area contributed by atoms with Crippen LogP contribution in [0.25, 0.3) is 0 Å². The van der Waals surface area contributed by atoms with E-state index in [2.05, 4.69) is 9.72 Å². The van der Waals surface area contributed by atoms with E-state index in [9.17, 15) is 9.59 Å². The second-order valence-electron chi connectivity index (χ2n) is 2.11. The number of H-pyrrole nitrogens is 1. The van der Waals surface area contributed by atoms with Gasteiger partial charge in [0.2, 0.25) is 0 Å². The molecule has 0 aliphatic rings. The Hall–Kier alpha value is -1.78. The Balaban J connectivity index is 3.24. The van der Waals surface area contributed by atoms with Crippen molar-refractivity contribution < 1.29 is 14.6 Å². The van der Waals surface area contributed by atoms with E-state index in [0.29, 0.717) is 0 Å². The highest BCUT2D eigenvalue weighted by Gasteiger charge is 2.05. The number of aromatic amines is 1. The van der Waals surface area contributed by atoms with Gasteiger partial charge in [-0.2, -0.15) is 0 Å². The molecule has 0 saturated heterocycles. The zero-order valence-corrected chi connectivity index (χ0v) is 6.33. The van der Waals surface area contributed by atoms with Gasteiger partial charge in [0.15, 0.2) is 5.88 Å². The van der Waals surface area contributed by atoms with E-state index in [0.717, 1.165) is 6.07 Å². The van der Waals surface area contributed by atoms with Crippen LogP contribution >= 0.6 is 0 Å². The lowest BCUT2D eigenvalue weighted by molar-refractivity contribution is 0.0696. The van der Waals surface area contributed by atoms with Crippen molar-refractivity contribution in [3.8, 4) is 5.88 Å². The fraction of sp³-hybridized carbons (Fsp3) is 0.143. The van der Waals surface area contributed by atoms with E-state index in [1.807, 2.05) is 0 Å². The number of carboxylic acid groups (broad SMARTS) is 1. The molecule has 0 aliphatic heterocycles. The van der Waals surface area contributed by atoms with Crippen LogP contribution in [0.15, 0.2) is 16.9 Å². The third-order valence-electron chi connectivity index (χ3n) is 1.29. The molecule has 0 aromatic carbocycles. The number of methoxy groups -OCH3 is 1. The average molecular weight is 169 g/mol. The van der Waals surface area contributed by atoms with Crippen molar-refractivity contribution in [1.29, 1.82) is 0 Å². The number of ether oxygens (including phenoxy) is 1. The number of aromatic nitrogens is 1. The summed E-state index contributed by atoms with van der Waals surface area (Å²) in [6, 6.07) is 2.23. The molecule has 0 radical (unpaired) electrons. The van der Waals surface area contributed by atoms with Gasteiger partial charge in [-0.05, 0) is 0 Å². The highest BCUT2D eigenvalue weighted by atomic mass is 16.5. The van der Waals surface area contributed by atoms with Gasteiger partial charge in [-0.25, -0.2) is 4.79 Å². The molecular formula is C7H7NO4. The summed E-state index contributed by atoms with van der Waals surface area (Å²) in [7, 11) is 1.34. The van der Waals surface area contributed by atoms with Crippen LogP contribution < -0.4 is 10.3 Å². The van der Waals surface area contributed by atoms with E-state index in [4.69, 9.17) is 5.11 Å². The number of nitrogens with one attached hydrogen (secondary N) is 1. The maximum absolute atomic E-state index is 10.8. The predicted octanol–water partition coefficient (Wildman–Crippen LogP) is 0.0817. The van der Waals surface area contributed by atoms with E-state index in [1.54, 1.807) is 0 Å². The fourth-order valence-electron chi connectivity index (χ4n) is 0.751. The van der Waals surface area contributed by atoms with Crippen LogP contribution in [0.3, 0.4) is 0 Å². The lowest BCUT2D eigenvalue weighted by Gasteiger charge is -1.98. The van der Waals surface area contributed by atoms with Crippen molar-refractivity contribution in [2.45, 2.75) is 0 Å². The second kappa shape index (κ2) is 3.08. The first-order valence-electron chi connectivity index (χ1n) is 3.15. The van der Waals surface area contributed by atoms with Crippen molar-refractivity contribution in [2.24, 2.45) is 0 Å². The Morgan fingerprint density at radius 1 is 1.58 bits per heavy atom. The molecule has 5 heteroatoms. The highest BCUT2D eigenvalue weighted by molar-refractivity contribution is 5.87. The Bertz CT molecular complexity index is 355. The lowest BCUT2D eigenvalue weighted by atomic mass is 10.3. The van der Waals surface area contributed by atoms with Crippen LogP contribution in [-0.2, 0) is 0 Å². The number of carboxylic acids is 1. The summed E-state index contributed by atoms with van der Waals surface area (Å²) in [6.07, 6.45) is 0. The van der Waals surface area contributed by atoms with Crippen molar-refractivity contribution in [3.05, 3.63) is 28.0 Å². The van der Waals surface area contributed by atoms with E-state index < -0.39 is 11.5 Å². The summed E-state index contributed by atoms with van der Waals surface area (Å²) >= 11 is 0. The van der Waals surface area contributed by atoms with Crippen LogP contribution in [0.4, 0.5) is 0 Å². The normalized spacial score (nSPS) is 9.42. The number of pyridine rings is 1. The molecule has 0 saturated carbocycles. The third-order valence-corrected chi connectivity index (χ3v) is 1.29. The van der Waals surface area contributed by atoms with Crippen LogP contribution in [0, 0.1) is 0 Å². The number of aromatic carboxylic acids is 1. The van der Waals surface area contributed by atoms with Crippen molar-refractivity contribution in [2.75, 3.05) is 7.11 Å². The van der Waals surface area contributed by atoms with Gasteiger partial charge in [-0.15, -0.1) is 0 Å². The summed E-state index contributed by atoms with van der Waals surface area (Å²) < 4.78 is 4.67. The first kappa shape index (κ1) is 8.32. The van der Waals surface area contributed by atoms with Gasteiger partial charge in [0, 0.05) is 12.1 Å². The summed E-state index contributed by atoms with van der Waals surface area (Å²) in [6.45, 7) is 0. The first-order chi connectivity index (χ1) is 5.63. The number of hydrogen-bond donors (Lipinski definition) is 2. The lowest BCUT2D eigenvalue weighted by Crippen LogP contribution is -2.10. The first-order valence-corrected chi connectivity index (χ1v) is 3.15. The SMILES string of the molecule is COc1cc(C(=O)O)cc(=O)[nH]1. The maximum Gasteiger partial charge on any atom is 0.336 e. The van der Waals surface area contributed by atoms with Crippen LogP contribution in [-0.4, -0.2) is 23.2 Å². The predicted molar refractivity (Wildman–Crippen MR) is 40.6 cm³/mol. The van der Waals surface area contributed by atoms with Crippen LogP contribution in [0.5, 0.6) is 5.88 Å². The van der Waals surface area contributed by atoms with Crippen molar-refractivity contribution in [1.82, 2.24) is 4.98 Å². The molecule has 1 heterocycles. The van der Waals surface area contributed by atoms with Crippen molar-refractivity contribution >= 4 is 5.97 Å². The molecule has 0 fully saturated rings. The Labute approximate surface area is 67.6 Å². The maximum atomic E-state index is 10.8. The molecule has 5 nitrogen and oxygen atoms in total. The molecule has 0 amide bonds. The molecule has 0 unspecified atom stereocenters. The molecule has 0 aliphatic carbocycles. The van der Waals surface area contributed by atoms with Gasteiger partial charge in [0.1, 0.15) is 0 Å². The molecule has 1 rings (SSSR count). The number of rotatable bonds is 2. The smallest absolute Gasteiger partial charge is 0.336 e. The summed E-state index contributed by atoms with van der Waals surface area (Å²) in [5, 5.41) is 8.52. The van der Waals surface area contributed by atoms with E-state index in [-0.39, 0.29) is 11.4 Å². The highest BCUT2D eigenvalue weighted by Crippen LogP contribution is 2.04. The van der Waals surface area contributed by atoms with Crippen LogP contribution in [0.1, 0.15) is 10.4 Å². The minimum absolute atomic E-state index is 0.0874. The second-order valence-corrected chi connectivity index (χ2v) is 2.11. The fourth-order valence-corrected chi connectivity index (χ4v) is 0.751. The van der Waals surface area contributed by atoms with Gasteiger partial charge >= 0.3 is 5.97 Å². The van der Waals surface area contributed by atoms with Gasteiger partial charge < -0.3 is 9.84 Å². The minimum atomic E-state index is -1.15. The largest absolute Gasteiger partial charge is 0.482 e. The zero-order chi connectivity index (χ0) is 9.14. The Morgan fingerprint density at radius 2 is 2.25 bits per heavy atom. The Morgan fingerprint density at radius 3 is 2.75 bits per heavy atom. The van der Waals surface area contributed by atoms with Gasteiger partial charge in [-0.3, -0.25) is 9.78 Å². The van der Waals surface area contributed by atoms with Gasteiger partial charge in [-0.1, -0.05) is 0 Å². The van der Waals surface area contributed by atoms with E-state index >= 15 is 0 Å². The van der Waals surface area contributed by atoms with Crippen molar-refractivity contribution in [3.63, 3.8) is 0 Å². The zero-order valence-electron chi connectivity index (χ0n) is 6.33. The average Bonchev–Trinajstić information content (AvgIpc) is 2.03. The Kier molecular flexibility index (Phi) is 2.14. The summed E-state index contributed by atoms with van der Waals surface area (Å²) in [4.78, 5) is 23.5. The molecule has 1 aromatic heterocycles. The topological polar surface area (TPSA) is 79.4 Å². The molecule has 12 heavy (non-hydrogen) atoms. The number of carbonyl (C=O) groups is 1. The molecule has 0 bridgehead atoms. The molecule has 2 N–H and O–H groups in total. The molecule has 64 valence electrons. The summed E-state index contributed by atoms with van der Waals surface area (Å²) in [5.74, 6) is -1.01. The standard InChI is InChI=1S/C7H7NO4/c1-12-6-3-4(7(10)11)2-5(9)8-6/h2-3H,1H3,(H,8,9)(H,10,11). The van der Waals surface area contributed by atoms with Gasteiger partial charge in [0.25, 0.3) is 5.56 Å². The van der Waals surface area contributed by atoms with Gasteiger partial charge in [0.05, 0.1) is 12.7 Å². The molecule has 0 atom stereocenters. The monoisotopic (exact) mass is 169 g/mol. The van der Waals surface area contributed by atoms with Crippen LogP contribution in [0.2, 0.25) is 0 Å². The minimum Gasteiger partial charge on any atom is -0.482 e. The molecular weight excluding hydrogens is 162 g/mol. The quantitative estimate of drug-likeness (QED) is 0.657. The number of hydrogen-bond acceptors (Lipinski definition) is 3. The summed E-state index contributed by atoms with van der Waals surface area (Å²) in [5.41, 5.74) is -0.581. The van der Waals surface area contributed by atoms with E-state index in [1.165, 1.54) is 13.2 Å². The third kappa shape index (κ3) is 1.63. The molecule has 1 aromatic rings. The molecule has 0 spiro atoms.